The van der Waals surface area contributed by atoms with Gasteiger partial charge in [0, 0.05) is 12.1 Å². The van der Waals surface area contributed by atoms with Crippen molar-refractivity contribution in [1.82, 2.24) is 5.32 Å². The van der Waals surface area contributed by atoms with Crippen LogP contribution in [0.1, 0.15) is 57.1 Å². The molecule has 0 radical (unpaired) electrons. The van der Waals surface area contributed by atoms with Crippen molar-refractivity contribution >= 4 is 29.4 Å². The van der Waals surface area contributed by atoms with Crippen LogP contribution in [-0.4, -0.2) is 36.8 Å². The number of carbonyl (C=O) groups is 4. The molecule has 6 rings (SSSR count). The van der Waals surface area contributed by atoms with Gasteiger partial charge in [0.1, 0.15) is 6.04 Å². The minimum absolute atomic E-state index is 0.0993. The first-order valence-corrected chi connectivity index (χ1v) is 10.1. The van der Waals surface area contributed by atoms with E-state index in [0.717, 1.165) is 36.1 Å². The Labute approximate surface area is 168 Å². The normalized spacial score (nSPS) is 34.1. The Kier molecular flexibility index (Phi) is 3.45. The van der Waals surface area contributed by atoms with Crippen molar-refractivity contribution < 1.29 is 23.9 Å². The van der Waals surface area contributed by atoms with Crippen molar-refractivity contribution in [3.8, 4) is 0 Å². The zero-order valence-electron chi connectivity index (χ0n) is 16.8. The lowest BCUT2D eigenvalue weighted by molar-refractivity contribution is -0.198. The number of benzene rings is 1. The predicted molar refractivity (Wildman–Crippen MR) is 103 cm³/mol. The van der Waals surface area contributed by atoms with Crippen LogP contribution >= 0.6 is 0 Å². The van der Waals surface area contributed by atoms with Gasteiger partial charge in [-0.1, -0.05) is 12.1 Å². The summed E-state index contributed by atoms with van der Waals surface area (Å²) in [6.45, 7) is 3.79. The quantitative estimate of drug-likeness (QED) is 0.620. The third-order valence-corrected chi connectivity index (χ3v) is 7.42. The van der Waals surface area contributed by atoms with Gasteiger partial charge in [0.05, 0.1) is 17.9 Å². The van der Waals surface area contributed by atoms with Gasteiger partial charge in [-0.25, -0.2) is 0 Å². The Balaban J connectivity index is 1.55. The van der Waals surface area contributed by atoms with E-state index in [1.165, 1.54) is 7.11 Å². The van der Waals surface area contributed by atoms with E-state index in [2.05, 4.69) is 11.4 Å². The number of anilines is 1. The lowest BCUT2D eigenvalue weighted by atomic mass is 9.33. The SMILES string of the molecule is COC(=O)C12CC(c3cccc4c3C(C)(C)C(=O)N4C3CCC(=O)NC3=O)(C1)C2. The molecule has 1 atom stereocenters. The average Bonchev–Trinajstić information content (AvgIpc) is 2.80. The van der Waals surface area contributed by atoms with Crippen LogP contribution in [0.3, 0.4) is 0 Å². The number of imide groups is 1. The first-order chi connectivity index (χ1) is 13.7. The van der Waals surface area contributed by atoms with E-state index in [-0.39, 0.29) is 35.0 Å². The van der Waals surface area contributed by atoms with Crippen molar-refractivity contribution in [3.05, 3.63) is 29.3 Å². The highest BCUT2D eigenvalue weighted by Crippen LogP contribution is 2.75. The number of nitrogens with zero attached hydrogens (tertiary/aromatic N) is 1. The standard InChI is InChI=1S/C22H24N2O5/c1-20(2)16-12(21-9-22(10-21,11-21)19(28)29-3)5-4-6-13(16)24(18(20)27)14-7-8-15(25)23-17(14)26/h4-6,14H,7-11H2,1-3H3,(H,23,25,26). The molecule has 7 nitrogen and oxygen atoms in total. The molecule has 0 aromatic heterocycles. The Morgan fingerprint density at radius 3 is 2.48 bits per heavy atom. The van der Waals surface area contributed by atoms with Crippen molar-refractivity contribution in [1.29, 1.82) is 0 Å². The van der Waals surface area contributed by atoms with Crippen molar-refractivity contribution in [2.24, 2.45) is 5.41 Å². The number of hydrogen-bond donors (Lipinski definition) is 1. The average molecular weight is 396 g/mol. The molecule has 1 aromatic rings. The minimum atomic E-state index is -0.776. The van der Waals surface area contributed by atoms with Gasteiger partial charge in [-0.15, -0.1) is 0 Å². The fourth-order valence-corrected chi connectivity index (χ4v) is 6.10. The summed E-state index contributed by atoms with van der Waals surface area (Å²) in [6, 6.07) is 5.19. The molecular formula is C22H24N2O5. The van der Waals surface area contributed by atoms with Crippen LogP contribution in [0.25, 0.3) is 0 Å². The molecule has 29 heavy (non-hydrogen) atoms. The number of rotatable bonds is 3. The van der Waals surface area contributed by atoms with Crippen LogP contribution in [0.4, 0.5) is 5.69 Å². The number of fused-ring (bicyclic) bond motifs is 1. The maximum absolute atomic E-state index is 13.4. The van der Waals surface area contributed by atoms with Crippen molar-refractivity contribution in [2.75, 3.05) is 12.0 Å². The number of nitrogens with one attached hydrogen (secondary N) is 1. The Morgan fingerprint density at radius 2 is 1.86 bits per heavy atom. The largest absolute Gasteiger partial charge is 0.469 e. The van der Waals surface area contributed by atoms with Gasteiger partial charge in [0.15, 0.2) is 0 Å². The number of methoxy groups -OCH3 is 1. The van der Waals surface area contributed by atoms with Gasteiger partial charge in [0.25, 0.3) is 0 Å². The summed E-state index contributed by atoms with van der Waals surface area (Å²) >= 11 is 0. The molecule has 3 saturated carbocycles. The second-order valence-corrected chi connectivity index (χ2v) is 9.55. The third kappa shape index (κ3) is 2.13. The molecular weight excluding hydrogens is 372 g/mol. The van der Waals surface area contributed by atoms with Crippen molar-refractivity contribution in [2.45, 2.75) is 62.8 Å². The topological polar surface area (TPSA) is 92.8 Å². The minimum Gasteiger partial charge on any atom is -0.469 e. The summed E-state index contributed by atoms with van der Waals surface area (Å²) in [6.07, 6.45) is 2.78. The molecule has 0 spiro atoms. The summed E-state index contributed by atoms with van der Waals surface area (Å²) < 4.78 is 4.97. The number of amides is 3. The van der Waals surface area contributed by atoms with Crippen LogP contribution < -0.4 is 10.2 Å². The van der Waals surface area contributed by atoms with Crippen LogP contribution in [-0.2, 0) is 34.7 Å². The third-order valence-electron chi connectivity index (χ3n) is 7.42. The lowest BCUT2D eigenvalue weighted by Crippen LogP contribution is -2.68. The number of ether oxygens (including phenoxy) is 1. The molecule has 2 aliphatic heterocycles. The first-order valence-electron chi connectivity index (χ1n) is 10.1. The van der Waals surface area contributed by atoms with E-state index in [1.807, 2.05) is 26.0 Å². The lowest BCUT2D eigenvalue weighted by Gasteiger charge is -2.69. The molecule has 3 aliphatic carbocycles. The van der Waals surface area contributed by atoms with Gasteiger partial charge in [0.2, 0.25) is 17.7 Å². The van der Waals surface area contributed by atoms with Gasteiger partial charge in [-0.3, -0.25) is 29.4 Å². The van der Waals surface area contributed by atoms with E-state index in [9.17, 15) is 19.2 Å². The van der Waals surface area contributed by atoms with Crippen LogP contribution in [0, 0.1) is 5.41 Å². The van der Waals surface area contributed by atoms with Gasteiger partial charge in [-0.05, 0) is 62.1 Å². The molecule has 1 N–H and O–H groups in total. The number of carbonyl (C=O) groups excluding carboxylic acids is 4. The number of esters is 1. The van der Waals surface area contributed by atoms with Crippen LogP contribution in [0.5, 0.6) is 0 Å². The second-order valence-electron chi connectivity index (χ2n) is 9.55. The monoisotopic (exact) mass is 396 g/mol. The molecule has 4 fully saturated rings. The fraction of sp³-hybridized carbons (Fsp3) is 0.545. The van der Waals surface area contributed by atoms with Gasteiger partial charge in [-0.2, -0.15) is 0 Å². The van der Waals surface area contributed by atoms with E-state index in [1.54, 1.807) is 4.90 Å². The van der Waals surface area contributed by atoms with Gasteiger partial charge >= 0.3 is 5.97 Å². The maximum Gasteiger partial charge on any atom is 0.311 e. The molecule has 1 aromatic carbocycles. The Morgan fingerprint density at radius 1 is 1.17 bits per heavy atom. The molecule has 2 bridgehead atoms. The predicted octanol–water partition coefficient (Wildman–Crippen LogP) is 1.71. The zero-order valence-corrected chi connectivity index (χ0v) is 16.8. The van der Waals surface area contributed by atoms with E-state index in [4.69, 9.17) is 4.74 Å². The second kappa shape index (κ2) is 5.46. The molecule has 1 saturated heterocycles. The highest BCUT2D eigenvalue weighted by atomic mass is 16.5. The molecule has 7 heteroatoms. The summed E-state index contributed by atoms with van der Waals surface area (Å²) in [4.78, 5) is 51.2. The van der Waals surface area contributed by atoms with E-state index >= 15 is 0 Å². The Hall–Kier alpha value is -2.70. The van der Waals surface area contributed by atoms with E-state index < -0.39 is 17.4 Å². The number of hydrogen-bond acceptors (Lipinski definition) is 5. The van der Waals surface area contributed by atoms with E-state index in [0.29, 0.717) is 6.42 Å². The molecule has 2 heterocycles. The summed E-state index contributed by atoms with van der Waals surface area (Å²) in [7, 11) is 1.43. The van der Waals surface area contributed by atoms with Crippen LogP contribution in [0.15, 0.2) is 18.2 Å². The molecule has 3 amide bonds. The van der Waals surface area contributed by atoms with Crippen LogP contribution in [0.2, 0.25) is 0 Å². The smallest absolute Gasteiger partial charge is 0.311 e. The summed E-state index contributed by atoms with van der Waals surface area (Å²) in [5.74, 6) is -0.983. The summed E-state index contributed by atoms with van der Waals surface area (Å²) in [5, 5.41) is 2.36. The zero-order chi connectivity index (χ0) is 20.8. The number of piperidine rings is 1. The fourth-order valence-electron chi connectivity index (χ4n) is 6.10. The van der Waals surface area contributed by atoms with Gasteiger partial charge < -0.3 is 4.74 Å². The summed E-state index contributed by atoms with van der Waals surface area (Å²) in [5.41, 5.74) is 1.57. The first kappa shape index (κ1) is 18.3. The van der Waals surface area contributed by atoms with Crippen molar-refractivity contribution in [3.63, 3.8) is 0 Å². The highest BCUT2D eigenvalue weighted by molar-refractivity contribution is 6.14. The highest BCUT2D eigenvalue weighted by Gasteiger charge is 2.73. The molecule has 1 unspecified atom stereocenters. The molecule has 152 valence electrons. The maximum atomic E-state index is 13.4. The Bertz CT molecular complexity index is 975. The molecule has 5 aliphatic rings.